The number of hydrogen-bond donors (Lipinski definition) is 2. The van der Waals surface area contributed by atoms with E-state index in [4.69, 9.17) is 4.74 Å². The van der Waals surface area contributed by atoms with Gasteiger partial charge in [-0.25, -0.2) is 9.37 Å². The molecule has 1 fully saturated rings. The van der Waals surface area contributed by atoms with Crippen LogP contribution in [-0.4, -0.2) is 63.5 Å². The molecule has 3 atom stereocenters. The highest BCUT2D eigenvalue weighted by atomic mass is 32.2. The summed E-state index contributed by atoms with van der Waals surface area (Å²) in [5.41, 5.74) is 0.810. The van der Waals surface area contributed by atoms with E-state index < -0.39 is 17.9 Å². The van der Waals surface area contributed by atoms with Gasteiger partial charge < -0.3 is 19.8 Å². The molecule has 36 heavy (non-hydrogen) atoms. The summed E-state index contributed by atoms with van der Waals surface area (Å²) in [5, 5.41) is 22.0. The minimum Gasteiger partial charge on any atom is -0.497 e. The summed E-state index contributed by atoms with van der Waals surface area (Å²) in [6.07, 6.45) is 3.83. The van der Waals surface area contributed by atoms with Gasteiger partial charge in [-0.2, -0.15) is 0 Å². The highest BCUT2D eigenvalue weighted by molar-refractivity contribution is 7.99. The zero-order chi connectivity index (χ0) is 25.5. The van der Waals surface area contributed by atoms with E-state index in [1.165, 1.54) is 7.11 Å². The molecule has 1 aliphatic rings. The number of aliphatic hydroxyl groups excluding tert-OH is 1. The Morgan fingerprint density at radius 2 is 2.14 bits per heavy atom. The number of fused-ring (bicyclic) bond motifs is 1. The second kappa shape index (κ2) is 12.5. The van der Waals surface area contributed by atoms with Crippen LogP contribution in [0.15, 0.2) is 53.8 Å². The number of rotatable bonds is 11. The quantitative estimate of drug-likeness (QED) is 0.353. The molecule has 3 aromatic rings. The van der Waals surface area contributed by atoms with Crippen molar-refractivity contribution in [2.45, 2.75) is 36.8 Å². The van der Waals surface area contributed by atoms with Gasteiger partial charge in [-0.3, -0.25) is 9.78 Å². The number of likely N-dealkylation sites (tertiary alicyclic amines) is 1. The molecule has 0 spiro atoms. The first-order chi connectivity index (χ1) is 17.4. The lowest BCUT2D eigenvalue weighted by Crippen LogP contribution is -2.42. The Hall–Kier alpha value is -2.75. The van der Waals surface area contributed by atoms with Crippen molar-refractivity contribution in [3.05, 3.63) is 60.2 Å². The fourth-order valence-corrected chi connectivity index (χ4v) is 5.93. The number of ether oxygens (including phenoxy) is 1. The number of thioether (sulfide) groups is 1. The van der Waals surface area contributed by atoms with E-state index >= 15 is 0 Å². The highest BCUT2D eigenvalue weighted by Crippen LogP contribution is 2.36. The summed E-state index contributed by atoms with van der Waals surface area (Å²) in [7, 11) is 1.54. The summed E-state index contributed by atoms with van der Waals surface area (Å²) in [6.45, 7) is 2.45. The maximum atomic E-state index is 14.8. The van der Waals surface area contributed by atoms with E-state index in [1.54, 1.807) is 36.2 Å². The van der Waals surface area contributed by atoms with Gasteiger partial charge in [0.05, 0.1) is 30.0 Å². The molecular formula is C27H32FN3O4S. The zero-order valence-electron chi connectivity index (χ0n) is 20.3. The van der Waals surface area contributed by atoms with E-state index in [0.717, 1.165) is 36.5 Å². The molecule has 0 aliphatic carbocycles. The minimum atomic E-state index is -1.01. The number of carboxylic acid groups (broad SMARTS) is 1. The Balaban J connectivity index is 1.38. The third-order valence-corrected chi connectivity index (χ3v) is 7.84. The minimum absolute atomic E-state index is 0.0116. The average molecular weight is 514 g/mol. The molecule has 0 saturated carbocycles. The van der Waals surface area contributed by atoms with Gasteiger partial charge in [0.2, 0.25) is 0 Å². The first-order valence-corrected chi connectivity index (χ1v) is 13.2. The van der Waals surface area contributed by atoms with Crippen LogP contribution in [0.25, 0.3) is 10.9 Å². The lowest BCUT2D eigenvalue weighted by molar-refractivity contribution is -0.139. The van der Waals surface area contributed by atoms with Crippen LogP contribution in [0.5, 0.6) is 5.75 Å². The van der Waals surface area contributed by atoms with Gasteiger partial charge in [-0.05, 0) is 68.0 Å². The maximum Gasteiger partial charge on any atom is 0.303 e. The van der Waals surface area contributed by atoms with Crippen LogP contribution in [-0.2, 0) is 4.79 Å². The second-order valence-corrected chi connectivity index (χ2v) is 10.3. The molecule has 1 aliphatic heterocycles. The van der Waals surface area contributed by atoms with Crippen LogP contribution in [0.4, 0.5) is 4.39 Å². The van der Waals surface area contributed by atoms with Crippen molar-refractivity contribution < 1.29 is 24.1 Å². The Kier molecular flexibility index (Phi) is 9.12. The van der Waals surface area contributed by atoms with E-state index in [1.807, 2.05) is 18.2 Å². The van der Waals surface area contributed by atoms with Gasteiger partial charge in [-0.15, -0.1) is 11.8 Å². The van der Waals surface area contributed by atoms with Gasteiger partial charge in [0.1, 0.15) is 11.6 Å². The predicted molar refractivity (Wildman–Crippen MR) is 138 cm³/mol. The monoisotopic (exact) mass is 513 g/mol. The SMILES string of the molecule is COc1ccc2ncc(F)c([C@@H](O)CC[C@@H]3CCN(CCSc4ccccn4)C[C@H]3CC(=O)O)c2c1. The van der Waals surface area contributed by atoms with Crippen molar-refractivity contribution >= 4 is 28.6 Å². The molecule has 4 rings (SSSR count). The number of carbonyl (C=O) groups is 1. The Bertz CT molecular complexity index is 1170. The molecule has 2 N–H and O–H groups in total. The average Bonchev–Trinajstić information content (AvgIpc) is 2.88. The number of aromatic nitrogens is 2. The van der Waals surface area contributed by atoms with Crippen molar-refractivity contribution in [1.82, 2.24) is 14.9 Å². The molecule has 1 saturated heterocycles. The number of nitrogens with zero attached hydrogens (tertiary/aromatic N) is 3. The Morgan fingerprint density at radius 1 is 1.28 bits per heavy atom. The van der Waals surface area contributed by atoms with Gasteiger partial charge >= 0.3 is 5.97 Å². The maximum absolute atomic E-state index is 14.8. The van der Waals surface area contributed by atoms with Crippen molar-refractivity contribution in [2.75, 3.05) is 32.5 Å². The van der Waals surface area contributed by atoms with Crippen molar-refractivity contribution in [3.63, 3.8) is 0 Å². The number of methoxy groups -OCH3 is 1. The van der Waals surface area contributed by atoms with Gasteiger partial charge in [0, 0.05) is 42.4 Å². The fraction of sp³-hybridized carbons (Fsp3) is 0.444. The molecule has 9 heteroatoms. The molecule has 0 radical (unpaired) electrons. The van der Waals surface area contributed by atoms with Crippen LogP contribution in [0.3, 0.4) is 0 Å². The zero-order valence-corrected chi connectivity index (χ0v) is 21.2. The van der Waals surface area contributed by atoms with Crippen molar-refractivity contribution in [3.8, 4) is 5.75 Å². The molecule has 2 aromatic heterocycles. The molecule has 192 valence electrons. The normalized spacial score (nSPS) is 19.3. The van der Waals surface area contributed by atoms with Crippen LogP contribution in [0, 0.1) is 17.7 Å². The molecule has 0 unspecified atom stereocenters. The number of halogens is 1. The number of hydrogen-bond acceptors (Lipinski definition) is 7. The van der Waals surface area contributed by atoms with Gasteiger partial charge in [0.15, 0.2) is 0 Å². The van der Waals surface area contributed by atoms with E-state index in [2.05, 4.69) is 14.9 Å². The van der Waals surface area contributed by atoms with E-state index in [9.17, 15) is 19.4 Å². The number of carboxylic acids is 1. The van der Waals surface area contributed by atoms with E-state index in [-0.39, 0.29) is 23.8 Å². The van der Waals surface area contributed by atoms with Crippen molar-refractivity contribution in [1.29, 1.82) is 0 Å². The Morgan fingerprint density at radius 3 is 2.89 bits per heavy atom. The number of piperidine rings is 1. The van der Waals surface area contributed by atoms with Crippen LogP contribution < -0.4 is 4.74 Å². The standard InChI is InChI=1S/C27H32FN3O4S/c1-35-20-6-7-23-21(15-20)27(22(28)16-30-23)24(32)8-5-18-9-11-31(17-19(18)14-26(33)34)12-13-36-25-4-2-3-10-29-25/h2-4,6-7,10,15-16,18-19,24,32H,5,8-9,11-14,17H2,1H3,(H,33,34)/t18-,19-,24+/m1/s1. The summed E-state index contributed by atoms with van der Waals surface area (Å²) in [5.74, 6) is 0.235. The predicted octanol–water partition coefficient (Wildman–Crippen LogP) is 4.80. The van der Waals surface area contributed by atoms with E-state index in [0.29, 0.717) is 36.0 Å². The lowest BCUT2D eigenvalue weighted by atomic mass is 9.79. The number of aliphatic carboxylic acids is 1. The first-order valence-electron chi connectivity index (χ1n) is 12.2. The molecule has 7 nitrogen and oxygen atoms in total. The Labute approximate surface area is 214 Å². The molecule has 0 bridgehead atoms. The summed E-state index contributed by atoms with van der Waals surface area (Å²) in [6, 6.07) is 11.0. The smallest absolute Gasteiger partial charge is 0.303 e. The lowest BCUT2D eigenvalue weighted by Gasteiger charge is -2.38. The number of pyridine rings is 2. The molecular weight excluding hydrogens is 481 g/mol. The summed E-state index contributed by atoms with van der Waals surface area (Å²) in [4.78, 5) is 22.4. The molecule has 0 amide bonds. The number of aliphatic hydroxyl groups is 1. The summed E-state index contributed by atoms with van der Waals surface area (Å²) >= 11 is 1.69. The highest BCUT2D eigenvalue weighted by Gasteiger charge is 2.31. The van der Waals surface area contributed by atoms with Crippen LogP contribution >= 0.6 is 11.8 Å². The second-order valence-electron chi connectivity index (χ2n) is 9.22. The largest absolute Gasteiger partial charge is 0.497 e. The third kappa shape index (κ3) is 6.72. The molecule has 1 aromatic carbocycles. The van der Waals surface area contributed by atoms with Gasteiger partial charge in [-0.1, -0.05) is 6.07 Å². The van der Waals surface area contributed by atoms with Crippen LogP contribution in [0.1, 0.15) is 37.4 Å². The molecule has 3 heterocycles. The van der Waals surface area contributed by atoms with Crippen molar-refractivity contribution in [2.24, 2.45) is 11.8 Å². The number of benzene rings is 1. The first kappa shape index (κ1) is 26.3. The third-order valence-electron chi connectivity index (χ3n) is 6.92. The topological polar surface area (TPSA) is 95.8 Å². The summed E-state index contributed by atoms with van der Waals surface area (Å²) < 4.78 is 20.0. The van der Waals surface area contributed by atoms with Crippen LogP contribution in [0.2, 0.25) is 0 Å². The van der Waals surface area contributed by atoms with Gasteiger partial charge in [0.25, 0.3) is 0 Å². The fourth-order valence-electron chi connectivity index (χ4n) is 5.06.